The SMILES string of the molecule is COc1ccc([C@@H](CC(=O)Nc2c(C)cccc2C)N(C)S(=O)(=O)c2ccccc2)cc1. The normalized spacial score (nSPS) is 12.4. The molecule has 0 fully saturated rings. The highest BCUT2D eigenvalue weighted by atomic mass is 32.2. The van der Waals surface area contributed by atoms with E-state index in [9.17, 15) is 13.2 Å². The van der Waals surface area contributed by atoms with Crippen molar-refractivity contribution in [2.24, 2.45) is 0 Å². The Bertz CT molecular complexity index is 1160. The summed E-state index contributed by atoms with van der Waals surface area (Å²) in [6.07, 6.45) is -0.0390. The number of nitrogens with one attached hydrogen (secondary N) is 1. The summed E-state index contributed by atoms with van der Waals surface area (Å²) in [6, 6.07) is 20.4. The maximum atomic E-state index is 13.3. The molecule has 168 valence electrons. The second kappa shape index (κ2) is 9.97. The molecular formula is C25H28N2O4S. The molecule has 0 saturated carbocycles. The summed E-state index contributed by atoms with van der Waals surface area (Å²) in [6.45, 7) is 3.85. The van der Waals surface area contributed by atoms with E-state index in [1.807, 2.05) is 32.0 Å². The van der Waals surface area contributed by atoms with Gasteiger partial charge >= 0.3 is 0 Å². The zero-order valence-electron chi connectivity index (χ0n) is 18.7. The number of nitrogens with zero attached hydrogens (tertiary/aromatic N) is 1. The van der Waals surface area contributed by atoms with E-state index in [1.54, 1.807) is 61.7 Å². The molecule has 7 heteroatoms. The van der Waals surface area contributed by atoms with Crippen LogP contribution in [0.15, 0.2) is 77.7 Å². The molecule has 0 unspecified atom stereocenters. The van der Waals surface area contributed by atoms with Crippen LogP contribution in [0, 0.1) is 13.8 Å². The van der Waals surface area contributed by atoms with Gasteiger partial charge in [-0.05, 0) is 54.8 Å². The first-order chi connectivity index (χ1) is 15.2. The fraction of sp³-hybridized carbons (Fsp3) is 0.240. The molecule has 0 bridgehead atoms. The molecule has 3 rings (SSSR count). The Hall–Kier alpha value is -3.16. The van der Waals surface area contributed by atoms with Gasteiger partial charge in [0.25, 0.3) is 0 Å². The molecule has 0 aliphatic heterocycles. The van der Waals surface area contributed by atoms with Crippen LogP contribution in [0.1, 0.15) is 29.2 Å². The largest absolute Gasteiger partial charge is 0.497 e. The zero-order chi connectivity index (χ0) is 23.3. The maximum absolute atomic E-state index is 13.3. The third-order valence-electron chi connectivity index (χ3n) is 5.48. The minimum atomic E-state index is -3.81. The van der Waals surface area contributed by atoms with Gasteiger partial charge in [-0.2, -0.15) is 4.31 Å². The number of methoxy groups -OCH3 is 1. The van der Waals surface area contributed by atoms with Gasteiger partial charge in [0.1, 0.15) is 5.75 Å². The van der Waals surface area contributed by atoms with Crippen molar-refractivity contribution in [1.29, 1.82) is 0 Å². The summed E-state index contributed by atoms with van der Waals surface area (Å²) >= 11 is 0. The second-order valence-electron chi connectivity index (χ2n) is 7.64. The van der Waals surface area contributed by atoms with Crippen LogP contribution < -0.4 is 10.1 Å². The summed E-state index contributed by atoms with van der Waals surface area (Å²) in [5.74, 6) is 0.388. The number of amides is 1. The molecule has 3 aromatic rings. The molecule has 6 nitrogen and oxygen atoms in total. The van der Waals surface area contributed by atoms with Gasteiger partial charge in [-0.25, -0.2) is 8.42 Å². The number of carbonyl (C=O) groups excluding carboxylic acids is 1. The average molecular weight is 453 g/mol. The molecule has 3 aromatic carbocycles. The number of sulfonamides is 1. The second-order valence-corrected chi connectivity index (χ2v) is 9.64. The minimum Gasteiger partial charge on any atom is -0.497 e. The van der Waals surface area contributed by atoms with Gasteiger partial charge in [0.05, 0.1) is 18.0 Å². The number of hydrogen-bond acceptors (Lipinski definition) is 4. The van der Waals surface area contributed by atoms with Crippen molar-refractivity contribution in [3.63, 3.8) is 0 Å². The molecule has 1 atom stereocenters. The zero-order valence-corrected chi connectivity index (χ0v) is 19.5. The highest BCUT2D eigenvalue weighted by Gasteiger charge is 2.31. The number of hydrogen-bond donors (Lipinski definition) is 1. The molecule has 32 heavy (non-hydrogen) atoms. The van der Waals surface area contributed by atoms with Gasteiger partial charge in [-0.3, -0.25) is 4.79 Å². The lowest BCUT2D eigenvalue weighted by Gasteiger charge is -2.28. The Morgan fingerprint density at radius 2 is 1.53 bits per heavy atom. The molecule has 1 amide bonds. The number of rotatable bonds is 8. The van der Waals surface area contributed by atoms with Gasteiger partial charge in [0.2, 0.25) is 15.9 Å². The third-order valence-corrected chi connectivity index (χ3v) is 7.36. The lowest BCUT2D eigenvalue weighted by molar-refractivity contribution is -0.117. The number of ether oxygens (including phenoxy) is 1. The van der Waals surface area contributed by atoms with E-state index in [0.717, 1.165) is 16.8 Å². The molecule has 0 saturated heterocycles. The quantitative estimate of drug-likeness (QED) is 0.537. The van der Waals surface area contributed by atoms with E-state index in [1.165, 1.54) is 11.4 Å². The van der Waals surface area contributed by atoms with E-state index >= 15 is 0 Å². The molecule has 0 heterocycles. The Kier molecular flexibility index (Phi) is 7.33. The standard InChI is InChI=1S/C25H28N2O4S/c1-18-9-8-10-19(2)25(18)26-24(28)17-23(20-13-15-21(31-4)16-14-20)27(3)32(29,30)22-11-6-5-7-12-22/h5-16,23H,17H2,1-4H3,(H,26,28)/t23-/m1/s1. The highest BCUT2D eigenvalue weighted by molar-refractivity contribution is 7.89. The summed E-state index contributed by atoms with van der Waals surface area (Å²) in [5, 5.41) is 2.96. The number of aryl methyl sites for hydroxylation is 2. The lowest BCUT2D eigenvalue weighted by Crippen LogP contribution is -2.34. The van der Waals surface area contributed by atoms with Crippen LogP contribution >= 0.6 is 0 Å². The van der Waals surface area contributed by atoms with E-state index in [4.69, 9.17) is 4.74 Å². The van der Waals surface area contributed by atoms with Gasteiger partial charge < -0.3 is 10.1 Å². The highest BCUT2D eigenvalue weighted by Crippen LogP contribution is 2.31. The molecule has 0 aliphatic carbocycles. The number of carbonyl (C=O) groups is 1. The van der Waals surface area contributed by atoms with E-state index in [2.05, 4.69) is 5.32 Å². The van der Waals surface area contributed by atoms with Crippen molar-refractivity contribution in [1.82, 2.24) is 4.31 Å². The van der Waals surface area contributed by atoms with Gasteiger partial charge in [0.15, 0.2) is 0 Å². The van der Waals surface area contributed by atoms with Crippen molar-refractivity contribution in [2.75, 3.05) is 19.5 Å². The fourth-order valence-corrected chi connectivity index (χ4v) is 4.95. The van der Waals surface area contributed by atoms with Gasteiger partial charge in [-0.15, -0.1) is 0 Å². The summed E-state index contributed by atoms with van der Waals surface area (Å²) in [7, 11) is -0.745. The van der Waals surface area contributed by atoms with E-state index in [0.29, 0.717) is 11.3 Å². The van der Waals surface area contributed by atoms with Crippen LogP contribution in [-0.2, 0) is 14.8 Å². The van der Waals surface area contributed by atoms with Crippen molar-refractivity contribution in [3.8, 4) is 5.75 Å². The Balaban J connectivity index is 1.94. The Morgan fingerprint density at radius 1 is 0.938 bits per heavy atom. The van der Waals surface area contributed by atoms with E-state index in [-0.39, 0.29) is 17.2 Å². The predicted molar refractivity (Wildman–Crippen MR) is 126 cm³/mol. The van der Waals surface area contributed by atoms with Crippen LogP contribution in [0.4, 0.5) is 5.69 Å². The number of anilines is 1. The van der Waals surface area contributed by atoms with Crippen LogP contribution in [0.3, 0.4) is 0 Å². The van der Waals surface area contributed by atoms with Crippen LogP contribution in [0.25, 0.3) is 0 Å². The molecule has 0 aromatic heterocycles. The topological polar surface area (TPSA) is 75.7 Å². The third kappa shape index (κ3) is 5.18. The van der Waals surface area contributed by atoms with Crippen molar-refractivity contribution >= 4 is 21.6 Å². The predicted octanol–water partition coefficient (Wildman–Crippen LogP) is 4.70. The minimum absolute atomic E-state index is 0.0390. The lowest BCUT2D eigenvalue weighted by atomic mass is 10.0. The summed E-state index contributed by atoms with van der Waals surface area (Å²) in [4.78, 5) is 13.2. The van der Waals surface area contributed by atoms with Crippen LogP contribution in [0.5, 0.6) is 5.75 Å². The first kappa shape index (κ1) is 23.5. The fourth-order valence-electron chi connectivity index (χ4n) is 3.59. The maximum Gasteiger partial charge on any atom is 0.243 e. The Labute approximate surface area is 189 Å². The number of benzene rings is 3. The molecule has 0 radical (unpaired) electrons. The summed E-state index contributed by atoms with van der Waals surface area (Å²) in [5.41, 5.74) is 3.35. The first-order valence-corrected chi connectivity index (χ1v) is 11.7. The van der Waals surface area contributed by atoms with Crippen molar-refractivity contribution < 1.29 is 17.9 Å². The molecular weight excluding hydrogens is 424 g/mol. The Morgan fingerprint density at radius 3 is 2.09 bits per heavy atom. The molecule has 0 aliphatic rings. The number of para-hydroxylation sites is 1. The van der Waals surface area contributed by atoms with Crippen molar-refractivity contribution in [2.45, 2.75) is 31.2 Å². The van der Waals surface area contributed by atoms with Gasteiger partial charge in [-0.1, -0.05) is 48.5 Å². The van der Waals surface area contributed by atoms with Crippen molar-refractivity contribution in [3.05, 3.63) is 89.5 Å². The summed E-state index contributed by atoms with van der Waals surface area (Å²) < 4.78 is 33.1. The van der Waals surface area contributed by atoms with Crippen LogP contribution in [-0.4, -0.2) is 32.8 Å². The monoisotopic (exact) mass is 452 g/mol. The van der Waals surface area contributed by atoms with Gasteiger partial charge in [0, 0.05) is 19.2 Å². The smallest absolute Gasteiger partial charge is 0.243 e. The molecule has 1 N–H and O–H groups in total. The first-order valence-electron chi connectivity index (χ1n) is 10.3. The molecule has 0 spiro atoms. The van der Waals surface area contributed by atoms with E-state index < -0.39 is 16.1 Å². The van der Waals surface area contributed by atoms with Crippen LogP contribution in [0.2, 0.25) is 0 Å². The average Bonchev–Trinajstić information content (AvgIpc) is 2.80.